The minimum Gasteiger partial charge on any atom is -0.508 e. The van der Waals surface area contributed by atoms with E-state index in [1.807, 2.05) is 0 Å². The number of halogens is 2. The van der Waals surface area contributed by atoms with Gasteiger partial charge in [-0.1, -0.05) is 22.0 Å². The summed E-state index contributed by atoms with van der Waals surface area (Å²) in [5.74, 6) is -0.0162. The number of phenolic OH excluding ortho intramolecular Hbond substituents is 1. The number of hydrogen-bond donors (Lipinski definition) is 1. The fraction of sp³-hybridized carbons (Fsp3) is 0.222. The van der Waals surface area contributed by atoms with E-state index in [2.05, 4.69) is 15.9 Å². The van der Waals surface area contributed by atoms with E-state index < -0.39 is 0 Å². The molecule has 0 heterocycles. The maximum Gasteiger partial charge on any atom is 0.152 e. The average molecular weight is 264 g/mol. The molecule has 0 bridgehead atoms. The van der Waals surface area contributed by atoms with E-state index in [1.54, 1.807) is 18.2 Å². The van der Waals surface area contributed by atoms with Crippen molar-refractivity contribution in [2.24, 2.45) is 0 Å². The van der Waals surface area contributed by atoms with Crippen LogP contribution >= 0.6 is 27.5 Å². The first-order valence-corrected chi connectivity index (χ1v) is 5.02. The van der Waals surface area contributed by atoms with Crippen molar-refractivity contribution in [2.45, 2.75) is 6.42 Å². The Balaban J connectivity index is 2.93. The van der Waals surface area contributed by atoms with Crippen molar-refractivity contribution >= 4 is 33.3 Å². The molecule has 1 aromatic rings. The third kappa shape index (κ3) is 2.71. The number of benzene rings is 1. The summed E-state index contributed by atoms with van der Waals surface area (Å²) in [5, 5.41) is 9.41. The highest BCUT2D eigenvalue weighted by Gasteiger charge is 2.09. The van der Waals surface area contributed by atoms with Crippen molar-refractivity contribution in [1.29, 1.82) is 0 Å². The SMILES string of the molecule is O=C(CCl)Cc1c(O)cccc1Br. The smallest absolute Gasteiger partial charge is 0.152 e. The van der Waals surface area contributed by atoms with E-state index >= 15 is 0 Å². The Labute approximate surface area is 89.7 Å². The van der Waals surface area contributed by atoms with Crippen LogP contribution in [0.25, 0.3) is 0 Å². The van der Waals surface area contributed by atoms with Gasteiger partial charge in [0, 0.05) is 16.5 Å². The minimum absolute atomic E-state index is 0.0270. The maximum atomic E-state index is 11.0. The summed E-state index contributed by atoms with van der Waals surface area (Å²) in [6.45, 7) is 0. The Morgan fingerprint density at radius 1 is 1.54 bits per heavy atom. The molecule has 13 heavy (non-hydrogen) atoms. The molecule has 0 spiro atoms. The zero-order valence-corrected chi connectivity index (χ0v) is 9.10. The van der Waals surface area contributed by atoms with Crippen LogP contribution in [0.15, 0.2) is 22.7 Å². The highest BCUT2D eigenvalue weighted by Crippen LogP contribution is 2.26. The van der Waals surface area contributed by atoms with Crippen LogP contribution in [-0.2, 0) is 11.2 Å². The highest BCUT2D eigenvalue weighted by molar-refractivity contribution is 9.10. The van der Waals surface area contributed by atoms with E-state index in [9.17, 15) is 9.90 Å². The van der Waals surface area contributed by atoms with Crippen LogP contribution in [0.5, 0.6) is 5.75 Å². The van der Waals surface area contributed by atoms with Gasteiger partial charge in [-0.15, -0.1) is 11.6 Å². The van der Waals surface area contributed by atoms with Crippen molar-refractivity contribution in [3.05, 3.63) is 28.2 Å². The van der Waals surface area contributed by atoms with Gasteiger partial charge >= 0.3 is 0 Å². The standard InChI is InChI=1S/C9H8BrClO2/c10-8-2-1-3-9(13)7(8)4-6(12)5-11/h1-3,13H,4-5H2. The molecule has 0 radical (unpaired) electrons. The van der Waals surface area contributed by atoms with E-state index in [4.69, 9.17) is 11.6 Å². The van der Waals surface area contributed by atoms with Gasteiger partial charge in [0.05, 0.1) is 5.88 Å². The molecule has 0 fully saturated rings. The number of alkyl halides is 1. The Morgan fingerprint density at radius 3 is 2.77 bits per heavy atom. The van der Waals surface area contributed by atoms with Gasteiger partial charge in [0.2, 0.25) is 0 Å². The third-order valence-corrected chi connectivity index (χ3v) is 2.66. The molecule has 0 aromatic heterocycles. The number of ketones is 1. The van der Waals surface area contributed by atoms with E-state index in [-0.39, 0.29) is 23.8 Å². The lowest BCUT2D eigenvalue weighted by Gasteiger charge is -2.04. The monoisotopic (exact) mass is 262 g/mol. The maximum absolute atomic E-state index is 11.0. The van der Waals surface area contributed by atoms with Crippen LogP contribution < -0.4 is 0 Å². The van der Waals surface area contributed by atoms with Crippen LogP contribution in [0.4, 0.5) is 0 Å². The van der Waals surface area contributed by atoms with Gasteiger partial charge in [0.25, 0.3) is 0 Å². The number of aromatic hydroxyl groups is 1. The van der Waals surface area contributed by atoms with E-state index in [0.717, 1.165) is 4.47 Å². The second-order valence-electron chi connectivity index (χ2n) is 2.59. The number of rotatable bonds is 3. The molecule has 1 N–H and O–H groups in total. The van der Waals surface area contributed by atoms with Crippen molar-refractivity contribution in [2.75, 3.05) is 5.88 Å². The molecule has 0 saturated heterocycles. The Bertz CT molecular complexity index is 305. The van der Waals surface area contributed by atoms with E-state index in [1.165, 1.54) is 0 Å². The normalized spacial score (nSPS) is 10.0. The van der Waals surface area contributed by atoms with Crippen molar-refractivity contribution in [3.8, 4) is 5.75 Å². The van der Waals surface area contributed by atoms with Gasteiger partial charge in [-0.05, 0) is 12.1 Å². The quantitative estimate of drug-likeness (QED) is 0.851. The van der Waals surface area contributed by atoms with Gasteiger partial charge in [-0.25, -0.2) is 0 Å². The lowest BCUT2D eigenvalue weighted by molar-refractivity contribution is -0.116. The van der Waals surface area contributed by atoms with Crippen molar-refractivity contribution < 1.29 is 9.90 Å². The summed E-state index contributed by atoms with van der Waals surface area (Å²) in [4.78, 5) is 11.0. The van der Waals surface area contributed by atoms with Gasteiger partial charge in [-0.3, -0.25) is 4.79 Å². The molecule has 1 rings (SSSR count). The Kier molecular flexibility index (Phi) is 3.75. The van der Waals surface area contributed by atoms with Crippen LogP contribution in [0.3, 0.4) is 0 Å². The fourth-order valence-electron chi connectivity index (χ4n) is 0.967. The molecule has 0 aliphatic rings. The first-order chi connectivity index (χ1) is 6.15. The lowest BCUT2D eigenvalue weighted by atomic mass is 10.1. The predicted octanol–water partition coefficient (Wildman–Crippen LogP) is 2.51. The van der Waals surface area contributed by atoms with Crippen molar-refractivity contribution in [3.63, 3.8) is 0 Å². The zero-order valence-electron chi connectivity index (χ0n) is 6.76. The van der Waals surface area contributed by atoms with Gasteiger partial charge in [0.15, 0.2) is 5.78 Å². The van der Waals surface area contributed by atoms with Gasteiger partial charge in [-0.2, -0.15) is 0 Å². The average Bonchev–Trinajstić information content (AvgIpc) is 2.11. The molecule has 0 amide bonds. The molecular weight excluding hydrogens is 255 g/mol. The molecule has 0 aliphatic carbocycles. The van der Waals surface area contributed by atoms with Crippen LogP contribution in [-0.4, -0.2) is 16.8 Å². The van der Waals surface area contributed by atoms with Crippen LogP contribution in [0.2, 0.25) is 0 Å². The van der Waals surface area contributed by atoms with Crippen LogP contribution in [0.1, 0.15) is 5.56 Å². The summed E-state index contributed by atoms with van der Waals surface area (Å²) in [5.41, 5.74) is 0.591. The van der Waals surface area contributed by atoms with Gasteiger partial charge in [0.1, 0.15) is 5.75 Å². The molecule has 1 aromatic carbocycles. The summed E-state index contributed by atoms with van der Waals surface area (Å²) in [6, 6.07) is 5.02. The third-order valence-electron chi connectivity index (χ3n) is 1.62. The van der Waals surface area contributed by atoms with E-state index in [0.29, 0.717) is 5.56 Å². The summed E-state index contributed by atoms with van der Waals surface area (Å²) in [7, 11) is 0. The summed E-state index contributed by atoms with van der Waals surface area (Å²) >= 11 is 8.61. The molecule has 0 unspecified atom stereocenters. The molecule has 0 saturated carbocycles. The second-order valence-corrected chi connectivity index (χ2v) is 3.71. The molecule has 0 aliphatic heterocycles. The number of Topliss-reactive ketones (excluding diaryl/α,β-unsaturated/α-hetero) is 1. The predicted molar refractivity (Wildman–Crippen MR) is 55.2 cm³/mol. The van der Waals surface area contributed by atoms with Crippen LogP contribution in [0, 0.1) is 0 Å². The van der Waals surface area contributed by atoms with Gasteiger partial charge < -0.3 is 5.11 Å². The Morgan fingerprint density at radius 2 is 2.23 bits per heavy atom. The topological polar surface area (TPSA) is 37.3 Å². The molecule has 0 atom stereocenters. The first kappa shape index (κ1) is 10.5. The zero-order chi connectivity index (χ0) is 9.84. The largest absolute Gasteiger partial charge is 0.508 e. The lowest BCUT2D eigenvalue weighted by Crippen LogP contribution is -2.04. The number of hydrogen-bond acceptors (Lipinski definition) is 2. The second kappa shape index (κ2) is 4.63. The molecule has 2 nitrogen and oxygen atoms in total. The number of phenols is 1. The Hall–Kier alpha value is -0.540. The number of carbonyl (C=O) groups is 1. The van der Waals surface area contributed by atoms with Crippen molar-refractivity contribution in [1.82, 2.24) is 0 Å². The molecular formula is C9H8BrClO2. The highest BCUT2D eigenvalue weighted by atomic mass is 79.9. The minimum atomic E-state index is -0.108. The fourth-order valence-corrected chi connectivity index (χ4v) is 1.56. The number of carbonyl (C=O) groups excluding carboxylic acids is 1. The molecule has 4 heteroatoms. The summed E-state index contributed by atoms with van der Waals surface area (Å²) in [6.07, 6.45) is 0.163. The molecule has 70 valence electrons. The summed E-state index contributed by atoms with van der Waals surface area (Å²) < 4.78 is 0.728. The first-order valence-electron chi connectivity index (χ1n) is 3.69.